The zero-order valence-electron chi connectivity index (χ0n) is 18.4. The SMILES string of the molecule is O=c1cc/c(=N\Nc2cc(S(=O)(=O)O)cc3cc(S(=O)(=O)O)cc(O)c23)c(=O)/c1=N\Nc1ccccc1. The summed E-state index contributed by atoms with van der Waals surface area (Å²) in [4.78, 5) is 23.5. The highest BCUT2D eigenvalue weighted by atomic mass is 32.2. The van der Waals surface area contributed by atoms with Crippen LogP contribution in [0, 0.1) is 0 Å². The molecule has 5 N–H and O–H groups in total. The van der Waals surface area contributed by atoms with Gasteiger partial charge in [0.2, 0.25) is 10.9 Å². The van der Waals surface area contributed by atoms with Crippen LogP contribution in [0.25, 0.3) is 10.8 Å². The van der Waals surface area contributed by atoms with Gasteiger partial charge in [-0.2, -0.15) is 27.0 Å². The molecule has 0 saturated heterocycles. The second-order valence-electron chi connectivity index (χ2n) is 7.54. The average Bonchev–Trinajstić information content (AvgIpc) is 2.82. The van der Waals surface area contributed by atoms with Gasteiger partial charge >= 0.3 is 0 Å². The van der Waals surface area contributed by atoms with Gasteiger partial charge in [0.1, 0.15) is 11.1 Å². The van der Waals surface area contributed by atoms with Crippen LogP contribution in [-0.2, 0) is 20.2 Å². The first-order valence-electron chi connectivity index (χ1n) is 10.1. The Morgan fingerprint density at radius 3 is 1.97 bits per heavy atom. The van der Waals surface area contributed by atoms with E-state index in [1.165, 1.54) is 0 Å². The molecule has 0 saturated carbocycles. The van der Waals surface area contributed by atoms with Crippen LogP contribution in [-0.4, -0.2) is 31.0 Å². The first-order valence-corrected chi connectivity index (χ1v) is 13.0. The van der Waals surface area contributed by atoms with E-state index in [4.69, 9.17) is 0 Å². The Hall–Kier alpha value is -4.44. The highest BCUT2D eigenvalue weighted by Gasteiger charge is 2.19. The monoisotopic (exact) mass is 544 g/mol. The lowest BCUT2D eigenvalue weighted by Crippen LogP contribution is -2.47. The number of phenolic OH excluding ortho intramolecular Hbond substituents is 1. The molecule has 0 atom stereocenters. The quantitative estimate of drug-likeness (QED) is 0.166. The number of aromatic hydroxyl groups is 1. The summed E-state index contributed by atoms with van der Waals surface area (Å²) in [6.45, 7) is 0. The highest BCUT2D eigenvalue weighted by Crippen LogP contribution is 2.36. The lowest BCUT2D eigenvalue weighted by Gasteiger charge is -2.11. The van der Waals surface area contributed by atoms with Gasteiger partial charge in [0.25, 0.3) is 20.2 Å². The Kier molecular flexibility index (Phi) is 6.62. The molecule has 4 rings (SSSR count). The summed E-state index contributed by atoms with van der Waals surface area (Å²) >= 11 is 0. The van der Waals surface area contributed by atoms with Crippen LogP contribution in [0.4, 0.5) is 11.4 Å². The van der Waals surface area contributed by atoms with E-state index in [1.807, 2.05) is 0 Å². The fourth-order valence-electron chi connectivity index (χ4n) is 3.31. The number of fused-ring (bicyclic) bond motifs is 1. The number of benzene rings is 4. The van der Waals surface area contributed by atoms with E-state index in [0.717, 1.165) is 30.3 Å². The van der Waals surface area contributed by atoms with Crippen molar-refractivity contribution in [3.05, 3.63) is 97.9 Å². The number of nitrogens with one attached hydrogen (secondary N) is 2. The lowest BCUT2D eigenvalue weighted by atomic mass is 10.1. The third kappa shape index (κ3) is 5.54. The van der Waals surface area contributed by atoms with Gasteiger partial charge in [0.05, 0.1) is 21.2 Å². The molecule has 0 bridgehead atoms. The smallest absolute Gasteiger partial charge is 0.294 e. The molecule has 0 aliphatic heterocycles. The first kappa shape index (κ1) is 25.6. The molecule has 0 aromatic heterocycles. The fraction of sp³-hybridized carbons (Fsp3) is 0. The average molecular weight is 545 g/mol. The number of hydrogen-bond donors (Lipinski definition) is 5. The summed E-state index contributed by atoms with van der Waals surface area (Å²) in [6, 6.07) is 13.9. The van der Waals surface area contributed by atoms with Crippen LogP contribution in [0.1, 0.15) is 0 Å². The molecule has 15 heteroatoms. The van der Waals surface area contributed by atoms with Crippen LogP contribution in [0.2, 0.25) is 0 Å². The molecule has 0 radical (unpaired) electrons. The van der Waals surface area contributed by atoms with E-state index in [0.29, 0.717) is 11.8 Å². The van der Waals surface area contributed by atoms with Crippen molar-refractivity contribution >= 4 is 42.4 Å². The number of phenols is 1. The fourth-order valence-corrected chi connectivity index (χ4v) is 4.39. The molecule has 0 amide bonds. The molecule has 4 aromatic rings. The van der Waals surface area contributed by atoms with E-state index < -0.39 is 52.0 Å². The molecule has 190 valence electrons. The largest absolute Gasteiger partial charge is 0.507 e. The molecule has 13 nitrogen and oxygen atoms in total. The van der Waals surface area contributed by atoms with Crippen molar-refractivity contribution in [1.82, 2.24) is 0 Å². The number of nitrogens with zero attached hydrogens (tertiary/aromatic N) is 2. The van der Waals surface area contributed by atoms with Gasteiger partial charge in [0, 0.05) is 11.5 Å². The molecule has 4 aromatic carbocycles. The third-order valence-electron chi connectivity index (χ3n) is 5.01. The Bertz CT molecular complexity index is 1980. The van der Waals surface area contributed by atoms with Gasteiger partial charge in [-0.3, -0.25) is 29.5 Å². The van der Waals surface area contributed by atoms with Crippen molar-refractivity contribution in [3.63, 3.8) is 0 Å². The molecule has 0 spiro atoms. The summed E-state index contributed by atoms with van der Waals surface area (Å²) in [7, 11) is -9.59. The predicted octanol–water partition coefficient (Wildman–Crippen LogP) is 0.490. The first-order chi connectivity index (χ1) is 17.3. The Balaban J connectivity index is 1.87. The van der Waals surface area contributed by atoms with Crippen LogP contribution in [0.15, 0.2) is 96.3 Å². The molecule has 0 unspecified atom stereocenters. The molecule has 37 heavy (non-hydrogen) atoms. The predicted molar refractivity (Wildman–Crippen MR) is 131 cm³/mol. The Morgan fingerprint density at radius 2 is 1.35 bits per heavy atom. The second kappa shape index (κ2) is 9.55. The minimum Gasteiger partial charge on any atom is -0.507 e. The molecular weight excluding hydrogens is 528 g/mol. The second-order valence-corrected chi connectivity index (χ2v) is 10.4. The van der Waals surface area contributed by atoms with Crippen molar-refractivity contribution in [3.8, 4) is 5.75 Å². The van der Waals surface area contributed by atoms with Crippen molar-refractivity contribution < 1.29 is 31.0 Å². The van der Waals surface area contributed by atoms with E-state index in [1.54, 1.807) is 30.3 Å². The maximum absolute atomic E-state index is 12.8. The molecule has 0 heterocycles. The minimum atomic E-state index is -4.82. The zero-order valence-corrected chi connectivity index (χ0v) is 20.0. The molecular formula is C22H16N4O9S2. The molecule has 0 aliphatic carbocycles. The van der Waals surface area contributed by atoms with Gasteiger partial charge in [-0.05, 0) is 47.9 Å². The summed E-state index contributed by atoms with van der Waals surface area (Å²) in [5.74, 6) is -0.690. The van der Waals surface area contributed by atoms with Gasteiger partial charge in [-0.15, -0.1) is 0 Å². The number of hydrogen-bond acceptors (Lipinski definition) is 11. The van der Waals surface area contributed by atoms with E-state index in [9.17, 15) is 40.6 Å². The Labute approximate surface area is 207 Å². The van der Waals surface area contributed by atoms with Gasteiger partial charge in [-0.1, -0.05) is 18.2 Å². The molecule has 0 fully saturated rings. The third-order valence-corrected chi connectivity index (χ3v) is 6.67. The summed E-state index contributed by atoms with van der Waals surface area (Å²) < 4.78 is 65.4. The highest BCUT2D eigenvalue weighted by molar-refractivity contribution is 7.86. The van der Waals surface area contributed by atoms with Crippen molar-refractivity contribution in [2.45, 2.75) is 9.79 Å². The van der Waals surface area contributed by atoms with E-state index in [2.05, 4.69) is 21.1 Å². The number of anilines is 2. The Morgan fingerprint density at radius 1 is 0.730 bits per heavy atom. The number of rotatable bonds is 6. The summed E-state index contributed by atoms with van der Waals surface area (Å²) in [6.07, 6.45) is 0. The van der Waals surface area contributed by atoms with Gasteiger partial charge in [-0.25, -0.2) is 0 Å². The van der Waals surface area contributed by atoms with Gasteiger partial charge in [0.15, 0.2) is 5.36 Å². The van der Waals surface area contributed by atoms with Crippen LogP contribution >= 0.6 is 0 Å². The maximum atomic E-state index is 12.8. The van der Waals surface area contributed by atoms with Crippen molar-refractivity contribution in [2.75, 3.05) is 10.9 Å². The van der Waals surface area contributed by atoms with E-state index in [-0.39, 0.29) is 21.8 Å². The van der Waals surface area contributed by atoms with Crippen LogP contribution in [0.3, 0.4) is 0 Å². The summed E-state index contributed by atoms with van der Waals surface area (Å²) in [5.41, 5.74) is 3.66. The van der Waals surface area contributed by atoms with Crippen LogP contribution in [0.5, 0.6) is 5.75 Å². The topological polar surface area (TPSA) is 212 Å². The van der Waals surface area contributed by atoms with Crippen molar-refractivity contribution in [1.29, 1.82) is 0 Å². The number of para-hydroxylation sites is 1. The summed E-state index contributed by atoms with van der Waals surface area (Å²) in [5, 5.41) is 17.0. The van der Waals surface area contributed by atoms with Crippen molar-refractivity contribution in [2.24, 2.45) is 10.2 Å². The minimum absolute atomic E-state index is 0.146. The zero-order chi connectivity index (χ0) is 27.0. The normalized spacial score (nSPS) is 13.1. The van der Waals surface area contributed by atoms with E-state index >= 15 is 0 Å². The van der Waals surface area contributed by atoms with Crippen LogP contribution < -0.4 is 32.4 Å². The van der Waals surface area contributed by atoms with Gasteiger partial charge < -0.3 is 5.11 Å². The molecule has 0 aliphatic rings. The standard InChI is InChI=1S/C22H16N4O9S2/c27-18-7-6-16(22(29)21(18)26-23-13-4-2-1-3-5-13)24-25-17-10-14(36(30,31)32)8-12-9-15(37(33,34)35)11-19(28)20(12)17/h1-11,23,25,28H,(H,30,31,32)(H,33,34,35)/b24-16+,26-21-. The maximum Gasteiger partial charge on any atom is 0.294 e. The lowest BCUT2D eigenvalue weighted by molar-refractivity contribution is 0.471.